The summed E-state index contributed by atoms with van der Waals surface area (Å²) in [7, 11) is 0. The lowest BCUT2D eigenvalue weighted by atomic mass is 10.2. The highest BCUT2D eigenvalue weighted by molar-refractivity contribution is 7.00. The SMILES string of the molecule is CCOCC(O)CNc1c(Cl)ccc2nsnc12. The van der Waals surface area contributed by atoms with E-state index in [1.807, 2.05) is 13.0 Å². The molecule has 1 aromatic heterocycles. The van der Waals surface area contributed by atoms with E-state index in [9.17, 15) is 5.11 Å². The molecule has 1 aromatic carbocycles. The number of aromatic nitrogens is 2. The van der Waals surface area contributed by atoms with Gasteiger partial charge in [0.15, 0.2) is 0 Å². The van der Waals surface area contributed by atoms with Crippen LogP contribution >= 0.6 is 23.3 Å². The predicted molar refractivity (Wildman–Crippen MR) is 73.4 cm³/mol. The minimum atomic E-state index is -0.581. The van der Waals surface area contributed by atoms with E-state index in [0.29, 0.717) is 30.5 Å². The van der Waals surface area contributed by atoms with E-state index in [2.05, 4.69) is 14.1 Å². The largest absolute Gasteiger partial charge is 0.389 e. The highest BCUT2D eigenvalue weighted by Gasteiger charge is 2.11. The molecule has 0 spiro atoms. The van der Waals surface area contributed by atoms with Crippen molar-refractivity contribution < 1.29 is 9.84 Å². The summed E-state index contributed by atoms with van der Waals surface area (Å²) in [5.74, 6) is 0. The van der Waals surface area contributed by atoms with Gasteiger partial charge in [0.2, 0.25) is 0 Å². The van der Waals surface area contributed by atoms with Crippen molar-refractivity contribution in [1.29, 1.82) is 0 Å². The van der Waals surface area contributed by atoms with E-state index in [4.69, 9.17) is 16.3 Å². The summed E-state index contributed by atoms with van der Waals surface area (Å²) >= 11 is 7.25. The average molecular weight is 288 g/mol. The lowest BCUT2D eigenvalue weighted by Gasteiger charge is -2.13. The summed E-state index contributed by atoms with van der Waals surface area (Å²) in [6.45, 7) is 3.13. The average Bonchev–Trinajstić information content (AvgIpc) is 2.83. The molecule has 0 amide bonds. The molecule has 1 atom stereocenters. The molecule has 0 aliphatic heterocycles. The number of rotatable bonds is 6. The first kappa shape index (κ1) is 13.5. The summed E-state index contributed by atoms with van der Waals surface area (Å²) < 4.78 is 13.5. The first-order chi connectivity index (χ1) is 8.72. The minimum absolute atomic E-state index is 0.298. The molecule has 2 N–H and O–H groups in total. The lowest BCUT2D eigenvalue weighted by molar-refractivity contribution is 0.0496. The van der Waals surface area contributed by atoms with E-state index >= 15 is 0 Å². The van der Waals surface area contributed by atoms with Gasteiger partial charge >= 0.3 is 0 Å². The molecular formula is C11H14ClN3O2S. The predicted octanol–water partition coefficient (Wildman–Crippen LogP) is 2.15. The molecule has 7 heteroatoms. The molecule has 0 fully saturated rings. The van der Waals surface area contributed by atoms with Gasteiger partial charge in [-0.15, -0.1) is 0 Å². The summed E-state index contributed by atoms with van der Waals surface area (Å²) in [4.78, 5) is 0. The summed E-state index contributed by atoms with van der Waals surface area (Å²) in [6.07, 6.45) is -0.581. The third-order valence-corrected chi connectivity index (χ3v) is 3.26. The van der Waals surface area contributed by atoms with Crippen LogP contribution in [0.3, 0.4) is 0 Å². The van der Waals surface area contributed by atoms with Gasteiger partial charge in [0, 0.05) is 13.2 Å². The zero-order chi connectivity index (χ0) is 13.0. The number of fused-ring (bicyclic) bond motifs is 1. The summed E-state index contributed by atoms with van der Waals surface area (Å²) in [6, 6.07) is 3.59. The van der Waals surface area contributed by atoms with Gasteiger partial charge in [-0.25, -0.2) is 0 Å². The smallest absolute Gasteiger partial charge is 0.129 e. The van der Waals surface area contributed by atoms with Crippen molar-refractivity contribution in [3.8, 4) is 0 Å². The Morgan fingerprint density at radius 2 is 2.33 bits per heavy atom. The van der Waals surface area contributed by atoms with Crippen molar-refractivity contribution in [2.45, 2.75) is 13.0 Å². The third-order valence-electron chi connectivity index (χ3n) is 2.41. The van der Waals surface area contributed by atoms with Crippen LogP contribution in [0.1, 0.15) is 6.92 Å². The second-order valence-corrected chi connectivity index (χ2v) is 4.68. The van der Waals surface area contributed by atoms with Crippen LogP contribution in [0.5, 0.6) is 0 Å². The molecule has 0 saturated carbocycles. The van der Waals surface area contributed by atoms with Crippen LogP contribution in [-0.2, 0) is 4.74 Å². The summed E-state index contributed by atoms with van der Waals surface area (Å²) in [5.41, 5.74) is 2.24. The van der Waals surface area contributed by atoms with Gasteiger partial charge in [-0.3, -0.25) is 0 Å². The van der Waals surface area contributed by atoms with Crippen molar-refractivity contribution in [2.24, 2.45) is 0 Å². The first-order valence-electron chi connectivity index (χ1n) is 5.62. The fourth-order valence-electron chi connectivity index (χ4n) is 1.53. The molecule has 18 heavy (non-hydrogen) atoms. The number of aliphatic hydroxyl groups is 1. The molecule has 0 radical (unpaired) electrons. The van der Waals surface area contributed by atoms with Crippen LogP contribution in [-0.4, -0.2) is 39.7 Å². The van der Waals surface area contributed by atoms with Gasteiger partial charge in [0.1, 0.15) is 11.0 Å². The quantitative estimate of drug-likeness (QED) is 0.852. The zero-order valence-electron chi connectivity index (χ0n) is 9.89. The molecule has 0 saturated heterocycles. The number of hydrogen-bond donors (Lipinski definition) is 2. The standard InChI is InChI=1S/C11H14ClN3O2S/c1-2-17-6-7(16)5-13-10-8(12)3-4-9-11(10)15-18-14-9/h3-4,7,13,16H,2,5-6H2,1H3. The molecular weight excluding hydrogens is 274 g/mol. The van der Waals surface area contributed by atoms with E-state index < -0.39 is 6.10 Å². The van der Waals surface area contributed by atoms with Crippen molar-refractivity contribution >= 4 is 40.0 Å². The van der Waals surface area contributed by atoms with Crippen LogP contribution in [0.4, 0.5) is 5.69 Å². The molecule has 1 heterocycles. The van der Waals surface area contributed by atoms with Crippen LogP contribution < -0.4 is 5.32 Å². The third kappa shape index (κ3) is 3.08. The highest BCUT2D eigenvalue weighted by atomic mass is 35.5. The van der Waals surface area contributed by atoms with Crippen LogP contribution in [0.15, 0.2) is 12.1 Å². The van der Waals surface area contributed by atoms with Gasteiger partial charge in [0.05, 0.1) is 35.1 Å². The number of nitrogens with zero attached hydrogens (tertiary/aromatic N) is 2. The van der Waals surface area contributed by atoms with Crippen LogP contribution in [0.25, 0.3) is 11.0 Å². The minimum Gasteiger partial charge on any atom is -0.389 e. The van der Waals surface area contributed by atoms with Crippen molar-refractivity contribution in [3.05, 3.63) is 17.2 Å². The number of anilines is 1. The maximum Gasteiger partial charge on any atom is 0.129 e. The molecule has 98 valence electrons. The molecule has 1 unspecified atom stereocenters. The second kappa shape index (κ2) is 6.29. The first-order valence-corrected chi connectivity index (χ1v) is 6.73. The van der Waals surface area contributed by atoms with Gasteiger partial charge in [-0.05, 0) is 19.1 Å². The Morgan fingerprint density at radius 1 is 1.50 bits per heavy atom. The Balaban J connectivity index is 2.06. The lowest BCUT2D eigenvalue weighted by Crippen LogP contribution is -2.25. The van der Waals surface area contributed by atoms with E-state index in [-0.39, 0.29) is 0 Å². The monoisotopic (exact) mass is 287 g/mol. The maximum absolute atomic E-state index is 9.69. The van der Waals surface area contributed by atoms with E-state index in [1.54, 1.807) is 6.07 Å². The molecule has 0 bridgehead atoms. The number of halogens is 1. The van der Waals surface area contributed by atoms with Crippen molar-refractivity contribution in [3.63, 3.8) is 0 Å². The maximum atomic E-state index is 9.69. The summed E-state index contributed by atoms with van der Waals surface area (Å²) in [5, 5.41) is 13.4. The number of nitrogens with one attached hydrogen (secondary N) is 1. The Labute approximate surface area is 114 Å². The fourth-order valence-corrected chi connectivity index (χ4v) is 2.29. The molecule has 5 nitrogen and oxygen atoms in total. The Bertz CT molecular complexity index is 520. The van der Waals surface area contributed by atoms with Gasteiger partial charge in [0.25, 0.3) is 0 Å². The van der Waals surface area contributed by atoms with Crippen molar-refractivity contribution in [2.75, 3.05) is 25.1 Å². The fraction of sp³-hybridized carbons (Fsp3) is 0.455. The highest BCUT2D eigenvalue weighted by Crippen LogP contribution is 2.29. The Morgan fingerprint density at radius 3 is 3.11 bits per heavy atom. The zero-order valence-corrected chi connectivity index (χ0v) is 11.5. The van der Waals surface area contributed by atoms with E-state index in [0.717, 1.165) is 22.8 Å². The topological polar surface area (TPSA) is 67.3 Å². The number of hydrogen-bond acceptors (Lipinski definition) is 6. The number of ether oxygens (including phenoxy) is 1. The Hall–Kier alpha value is -0.950. The van der Waals surface area contributed by atoms with E-state index in [1.165, 1.54) is 0 Å². The van der Waals surface area contributed by atoms with Crippen LogP contribution in [0.2, 0.25) is 5.02 Å². The normalized spacial score (nSPS) is 12.8. The molecule has 2 rings (SSSR count). The number of benzene rings is 1. The molecule has 2 aromatic rings. The molecule has 0 aliphatic rings. The van der Waals surface area contributed by atoms with Crippen molar-refractivity contribution in [1.82, 2.24) is 8.75 Å². The van der Waals surface area contributed by atoms with Gasteiger partial charge < -0.3 is 15.2 Å². The van der Waals surface area contributed by atoms with Gasteiger partial charge in [-0.2, -0.15) is 8.75 Å². The second-order valence-electron chi connectivity index (χ2n) is 3.75. The number of aliphatic hydroxyl groups excluding tert-OH is 1. The molecule has 0 aliphatic carbocycles. The van der Waals surface area contributed by atoms with Crippen LogP contribution in [0, 0.1) is 0 Å². The van der Waals surface area contributed by atoms with Gasteiger partial charge in [-0.1, -0.05) is 11.6 Å². The Kier molecular flexibility index (Phi) is 4.71.